The van der Waals surface area contributed by atoms with Crippen molar-refractivity contribution in [1.82, 2.24) is 4.90 Å². The molecule has 2 aliphatic rings. The van der Waals surface area contributed by atoms with Gasteiger partial charge in [-0.1, -0.05) is 19.8 Å². The highest BCUT2D eigenvalue weighted by Crippen LogP contribution is 2.42. The number of hydrogen-bond donors (Lipinski definition) is 1. The van der Waals surface area contributed by atoms with Gasteiger partial charge in [-0.3, -0.25) is 9.59 Å². The van der Waals surface area contributed by atoms with Gasteiger partial charge in [-0.15, -0.1) is 0 Å². The largest absolute Gasteiger partial charge is 0.481 e. The second-order valence-electron chi connectivity index (χ2n) is 6.22. The Morgan fingerprint density at radius 1 is 1.35 bits per heavy atom. The molecule has 0 spiro atoms. The molecule has 1 amide bonds. The highest BCUT2D eigenvalue weighted by Gasteiger charge is 2.44. The van der Waals surface area contributed by atoms with Crippen LogP contribution in [0.5, 0.6) is 0 Å². The van der Waals surface area contributed by atoms with E-state index in [2.05, 4.69) is 0 Å². The second kappa shape index (κ2) is 6.12. The van der Waals surface area contributed by atoms with E-state index in [-0.39, 0.29) is 24.5 Å². The molecule has 114 valence electrons. The molecule has 0 aromatic heterocycles. The van der Waals surface area contributed by atoms with Gasteiger partial charge >= 0.3 is 5.97 Å². The lowest BCUT2D eigenvalue weighted by molar-refractivity contribution is -0.157. The molecule has 1 N–H and O–H groups in total. The molecule has 2 rings (SSSR count). The SMILES string of the molecule is CCC1COC(C)CN1C(=O)CC1(C(=O)O)CCCC1. The molecule has 1 heterocycles. The molecule has 2 atom stereocenters. The summed E-state index contributed by atoms with van der Waals surface area (Å²) in [6, 6.07) is 0.0888. The predicted molar refractivity (Wildman–Crippen MR) is 74.4 cm³/mol. The second-order valence-corrected chi connectivity index (χ2v) is 6.22. The lowest BCUT2D eigenvalue weighted by Crippen LogP contribution is -2.52. The minimum atomic E-state index is -0.823. The molecule has 20 heavy (non-hydrogen) atoms. The summed E-state index contributed by atoms with van der Waals surface area (Å²) in [5.74, 6) is -0.825. The van der Waals surface area contributed by atoms with Gasteiger partial charge in [-0.05, 0) is 26.2 Å². The van der Waals surface area contributed by atoms with Crippen molar-refractivity contribution in [2.45, 2.75) is 64.5 Å². The molecule has 2 unspecified atom stereocenters. The molecule has 0 bridgehead atoms. The highest BCUT2D eigenvalue weighted by molar-refractivity contribution is 5.85. The summed E-state index contributed by atoms with van der Waals surface area (Å²) in [6.45, 7) is 5.12. The molecule has 1 aliphatic heterocycles. The topological polar surface area (TPSA) is 66.8 Å². The zero-order valence-electron chi connectivity index (χ0n) is 12.4. The summed E-state index contributed by atoms with van der Waals surface area (Å²) in [5.41, 5.74) is -0.823. The summed E-state index contributed by atoms with van der Waals surface area (Å²) in [7, 11) is 0. The molecular formula is C15H25NO4. The highest BCUT2D eigenvalue weighted by atomic mass is 16.5. The third-order valence-corrected chi connectivity index (χ3v) is 4.76. The Hall–Kier alpha value is -1.10. The van der Waals surface area contributed by atoms with Gasteiger partial charge in [0.25, 0.3) is 0 Å². The molecule has 0 aromatic rings. The van der Waals surface area contributed by atoms with Crippen LogP contribution < -0.4 is 0 Å². The standard InChI is InChI=1S/C15H25NO4/c1-3-12-10-20-11(2)9-16(12)13(17)8-15(14(18)19)6-4-5-7-15/h11-12H,3-10H2,1-2H3,(H,18,19). The van der Waals surface area contributed by atoms with Crippen LogP contribution in [0.2, 0.25) is 0 Å². The number of rotatable bonds is 4. The van der Waals surface area contributed by atoms with Gasteiger partial charge < -0.3 is 14.7 Å². The maximum absolute atomic E-state index is 12.6. The van der Waals surface area contributed by atoms with Crippen LogP contribution >= 0.6 is 0 Å². The summed E-state index contributed by atoms with van der Waals surface area (Å²) in [6.07, 6.45) is 4.11. The fourth-order valence-corrected chi connectivity index (χ4v) is 3.40. The Morgan fingerprint density at radius 3 is 2.55 bits per heavy atom. The summed E-state index contributed by atoms with van der Waals surface area (Å²) in [5, 5.41) is 9.49. The van der Waals surface area contributed by atoms with Gasteiger partial charge in [-0.2, -0.15) is 0 Å². The van der Waals surface area contributed by atoms with Gasteiger partial charge in [0.2, 0.25) is 5.91 Å². The van der Waals surface area contributed by atoms with Gasteiger partial charge in [-0.25, -0.2) is 0 Å². The Labute approximate surface area is 120 Å². The summed E-state index contributed by atoms with van der Waals surface area (Å²) >= 11 is 0. The smallest absolute Gasteiger partial charge is 0.310 e. The minimum Gasteiger partial charge on any atom is -0.481 e. The fourth-order valence-electron chi connectivity index (χ4n) is 3.40. The van der Waals surface area contributed by atoms with Crippen LogP contribution in [-0.4, -0.2) is 47.2 Å². The third kappa shape index (κ3) is 2.97. The monoisotopic (exact) mass is 283 g/mol. The van der Waals surface area contributed by atoms with Gasteiger partial charge in [0, 0.05) is 13.0 Å². The molecule has 1 aliphatic carbocycles. The molecule has 5 nitrogen and oxygen atoms in total. The lowest BCUT2D eigenvalue weighted by atomic mass is 9.82. The Morgan fingerprint density at radius 2 is 2.00 bits per heavy atom. The number of aliphatic carboxylic acids is 1. The molecule has 0 aromatic carbocycles. The third-order valence-electron chi connectivity index (χ3n) is 4.76. The van der Waals surface area contributed by atoms with E-state index >= 15 is 0 Å². The quantitative estimate of drug-likeness (QED) is 0.857. The van der Waals surface area contributed by atoms with E-state index in [9.17, 15) is 14.7 Å². The number of carboxylic acid groups (broad SMARTS) is 1. The minimum absolute atomic E-state index is 0.0173. The Kier molecular flexibility index (Phi) is 4.68. The van der Waals surface area contributed by atoms with Crippen molar-refractivity contribution in [3.05, 3.63) is 0 Å². The number of carboxylic acids is 1. The van der Waals surface area contributed by atoms with E-state index in [0.717, 1.165) is 19.3 Å². The van der Waals surface area contributed by atoms with E-state index in [1.807, 2.05) is 18.7 Å². The van der Waals surface area contributed by atoms with Crippen molar-refractivity contribution in [3.63, 3.8) is 0 Å². The Bertz CT molecular complexity index is 376. The van der Waals surface area contributed by atoms with E-state index in [4.69, 9.17) is 4.74 Å². The van der Waals surface area contributed by atoms with Gasteiger partial charge in [0.1, 0.15) is 0 Å². The molecule has 5 heteroatoms. The lowest BCUT2D eigenvalue weighted by Gasteiger charge is -2.39. The van der Waals surface area contributed by atoms with Crippen LogP contribution in [0.3, 0.4) is 0 Å². The molecule has 2 fully saturated rings. The number of carbonyl (C=O) groups is 2. The van der Waals surface area contributed by atoms with Crippen LogP contribution in [0.1, 0.15) is 52.4 Å². The summed E-state index contributed by atoms with van der Waals surface area (Å²) < 4.78 is 5.59. The van der Waals surface area contributed by atoms with E-state index in [1.54, 1.807) is 0 Å². The van der Waals surface area contributed by atoms with Gasteiger partial charge in [0.05, 0.1) is 24.2 Å². The van der Waals surface area contributed by atoms with Crippen LogP contribution in [0.4, 0.5) is 0 Å². The van der Waals surface area contributed by atoms with Crippen molar-refractivity contribution >= 4 is 11.9 Å². The van der Waals surface area contributed by atoms with E-state index < -0.39 is 11.4 Å². The number of amides is 1. The fraction of sp³-hybridized carbons (Fsp3) is 0.867. The number of morpholine rings is 1. The number of ether oxygens (including phenoxy) is 1. The zero-order valence-corrected chi connectivity index (χ0v) is 12.4. The predicted octanol–water partition coefficient (Wildman–Crippen LogP) is 2.05. The first-order valence-electron chi connectivity index (χ1n) is 7.63. The summed E-state index contributed by atoms with van der Waals surface area (Å²) in [4.78, 5) is 26.0. The maximum atomic E-state index is 12.6. The molecular weight excluding hydrogens is 258 g/mol. The van der Waals surface area contributed by atoms with E-state index in [1.165, 1.54) is 0 Å². The van der Waals surface area contributed by atoms with Crippen LogP contribution in [0.25, 0.3) is 0 Å². The molecule has 1 saturated heterocycles. The van der Waals surface area contributed by atoms with Crippen LogP contribution in [0, 0.1) is 5.41 Å². The first-order chi connectivity index (χ1) is 9.48. The average molecular weight is 283 g/mol. The van der Waals surface area contributed by atoms with Crippen molar-refractivity contribution in [1.29, 1.82) is 0 Å². The van der Waals surface area contributed by atoms with Crippen molar-refractivity contribution in [2.75, 3.05) is 13.2 Å². The van der Waals surface area contributed by atoms with E-state index in [0.29, 0.717) is 26.0 Å². The maximum Gasteiger partial charge on any atom is 0.310 e. The first-order valence-corrected chi connectivity index (χ1v) is 7.63. The van der Waals surface area contributed by atoms with Crippen molar-refractivity contribution in [3.8, 4) is 0 Å². The zero-order chi connectivity index (χ0) is 14.8. The van der Waals surface area contributed by atoms with Crippen molar-refractivity contribution < 1.29 is 19.4 Å². The molecule has 1 saturated carbocycles. The molecule has 0 radical (unpaired) electrons. The first kappa shape index (κ1) is 15.3. The number of hydrogen-bond acceptors (Lipinski definition) is 3. The van der Waals surface area contributed by atoms with Crippen LogP contribution in [0.15, 0.2) is 0 Å². The van der Waals surface area contributed by atoms with Crippen molar-refractivity contribution in [2.24, 2.45) is 5.41 Å². The Balaban J connectivity index is 2.07. The number of nitrogens with zero attached hydrogens (tertiary/aromatic N) is 1. The van der Waals surface area contributed by atoms with Gasteiger partial charge in [0.15, 0.2) is 0 Å². The number of carbonyl (C=O) groups excluding carboxylic acids is 1. The average Bonchev–Trinajstić information content (AvgIpc) is 2.88. The van der Waals surface area contributed by atoms with Crippen LogP contribution in [-0.2, 0) is 14.3 Å². The normalized spacial score (nSPS) is 29.4.